The fraction of sp³-hybridized carbons (Fsp3) is 0.875. The van der Waals surface area contributed by atoms with Crippen molar-refractivity contribution in [1.29, 1.82) is 0 Å². The van der Waals surface area contributed by atoms with Crippen molar-refractivity contribution in [2.24, 2.45) is 11.3 Å². The summed E-state index contributed by atoms with van der Waals surface area (Å²) in [7, 11) is 3.40. The number of hydrogen-bond acceptors (Lipinski definition) is 3. The van der Waals surface area contributed by atoms with Crippen LogP contribution in [0.25, 0.3) is 0 Å². The van der Waals surface area contributed by atoms with Crippen molar-refractivity contribution in [1.82, 2.24) is 9.80 Å². The number of methoxy groups -OCH3 is 1. The summed E-state index contributed by atoms with van der Waals surface area (Å²) in [6.07, 6.45) is 7.60. The smallest absolute Gasteiger partial charge is 0.319 e. The summed E-state index contributed by atoms with van der Waals surface area (Å²) in [5, 5.41) is 0. The number of rotatable bonds is 2. The summed E-state index contributed by atoms with van der Waals surface area (Å²) < 4.78 is 4.85. The number of ether oxygens (including phenoxy) is 1. The highest BCUT2D eigenvalue weighted by atomic mass is 16.5. The van der Waals surface area contributed by atoms with Crippen molar-refractivity contribution < 1.29 is 14.3 Å². The maximum Gasteiger partial charge on any atom is 0.319 e. The molecule has 2 aliphatic carbocycles. The molecule has 0 aromatic heterocycles. The van der Waals surface area contributed by atoms with Crippen molar-refractivity contribution in [3.8, 4) is 0 Å². The van der Waals surface area contributed by atoms with Gasteiger partial charge < -0.3 is 14.5 Å². The quantitative estimate of drug-likeness (QED) is 0.734. The van der Waals surface area contributed by atoms with Gasteiger partial charge in [0.05, 0.1) is 13.0 Å². The number of amides is 2. The van der Waals surface area contributed by atoms with E-state index in [1.807, 2.05) is 16.8 Å². The van der Waals surface area contributed by atoms with Crippen LogP contribution in [0.1, 0.15) is 44.9 Å². The predicted molar refractivity (Wildman–Crippen MR) is 78.8 cm³/mol. The Morgan fingerprint density at radius 2 is 1.81 bits per heavy atom. The first-order chi connectivity index (χ1) is 10.1. The fourth-order valence-corrected chi connectivity index (χ4v) is 4.19. The lowest BCUT2D eigenvalue weighted by Crippen LogP contribution is -2.48. The van der Waals surface area contributed by atoms with Crippen LogP contribution < -0.4 is 0 Å². The molecule has 1 atom stereocenters. The molecule has 0 aromatic rings. The van der Waals surface area contributed by atoms with E-state index in [2.05, 4.69) is 0 Å². The molecule has 0 bridgehead atoms. The van der Waals surface area contributed by atoms with Crippen LogP contribution in [0.5, 0.6) is 0 Å². The Morgan fingerprint density at radius 1 is 1.19 bits per heavy atom. The fourth-order valence-electron chi connectivity index (χ4n) is 4.19. The molecule has 2 amide bonds. The number of piperidine rings is 1. The van der Waals surface area contributed by atoms with E-state index in [0.29, 0.717) is 6.04 Å². The van der Waals surface area contributed by atoms with Gasteiger partial charge >= 0.3 is 12.0 Å². The Morgan fingerprint density at radius 3 is 2.38 bits per heavy atom. The standard InChI is InChI=1S/C16H26N2O3/c1-17(12-5-3-4-6-12)15(20)18-9-7-16(8-10-18)11-13(16)14(19)21-2/h12-13H,3-11H2,1-2H3. The molecular weight excluding hydrogens is 268 g/mol. The lowest BCUT2D eigenvalue weighted by atomic mass is 9.91. The minimum absolute atomic E-state index is 0.0714. The second-order valence-electron chi connectivity index (χ2n) is 6.96. The monoisotopic (exact) mass is 294 g/mol. The second kappa shape index (κ2) is 5.50. The Bertz CT molecular complexity index is 423. The zero-order valence-electron chi connectivity index (χ0n) is 13.1. The summed E-state index contributed by atoms with van der Waals surface area (Å²) in [4.78, 5) is 28.1. The largest absolute Gasteiger partial charge is 0.469 e. The van der Waals surface area contributed by atoms with Crippen molar-refractivity contribution >= 4 is 12.0 Å². The van der Waals surface area contributed by atoms with Crippen molar-refractivity contribution in [2.75, 3.05) is 27.2 Å². The van der Waals surface area contributed by atoms with Crippen LogP contribution in [0.3, 0.4) is 0 Å². The molecule has 3 fully saturated rings. The molecule has 1 heterocycles. The van der Waals surface area contributed by atoms with Gasteiger partial charge in [0.25, 0.3) is 0 Å². The SMILES string of the molecule is COC(=O)C1CC12CCN(C(=O)N(C)C1CCCC1)CC2. The second-order valence-corrected chi connectivity index (χ2v) is 6.96. The Balaban J connectivity index is 1.52. The number of esters is 1. The Hall–Kier alpha value is -1.26. The zero-order chi connectivity index (χ0) is 15.0. The molecule has 0 N–H and O–H groups in total. The maximum atomic E-state index is 12.5. The number of carbonyl (C=O) groups is 2. The van der Waals surface area contributed by atoms with E-state index in [0.717, 1.165) is 45.2 Å². The summed E-state index contributed by atoms with van der Waals surface area (Å²) in [5.74, 6) is 0.00478. The molecule has 118 valence electrons. The van der Waals surface area contributed by atoms with Gasteiger partial charge in [0, 0.05) is 26.2 Å². The highest BCUT2D eigenvalue weighted by molar-refractivity contribution is 5.77. The minimum atomic E-state index is -0.0714. The summed E-state index contributed by atoms with van der Waals surface area (Å²) in [6, 6.07) is 0.601. The summed E-state index contributed by atoms with van der Waals surface area (Å²) in [6.45, 7) is 1.56. The van der Waals surface area contributed by atoms with Crippen LogP contribution in [0, 0.1) is 11.3 Å². The third-order valence-electron chi connectivity index (χ3n) is 5.88. The van der Waals surface area contributed by atoms with Gasteiger partial charge in [-0.05, 0) is 37.5 Å². The van der Waals surface area contributed by atoms with Crippen LogP contribution in [0.2, 0.25) is 0 Å². The van der Waals surface area contributed by atoms with Crippen molar-refractivity contribution in [3.05, 3.63) is 0 Å². The molecule has 1 spiro atoms. The summed E-state index contributed by atoms with van der Waals surface area (Å²) in [5.41, 5.74) is 0.135. The molecule has 1 aliphatic heterocycles. The van der Waals surface area contributed by atoms with Gasteiger partial charge in [0.1, 0.15) is 0 Å². The number of likely N-dealkylation sites (tertiary alicyclic amines) is 1. The van der Waals surface area contributed by atoms with Crippen LogP contribution in [-0.2, 0) is 9.53 Å². The lowest BCUT2D eigenvalue weighted by molar-refractivity contribution is -0.143. The lowest BCUT2D eigenvalue weighted by Gasteiger charge is -2.37. The van der Waals surface area contributed by atoms with E-state index in [1.54, 1.807) is 0 Å². The van der Waals surface area contributed by atoms with Gasteiger partial charge in [-0.25, -0.2) is 4.79 Å². The van der Waals surface area contributed by atoms with Crippen molar-refractivity contribution in [3.63, 3.8) is 0 Å². The van der Waals surface area contributed by atoms with E-state index in [4.69, 9.17) is 4.74 Å². The molecule has 0 radical (unpaired) electrons. The van der Waals surface area contributed by atoms with E-state index in [-0.39, 0.29) is 23.3 Å². The molecule has 3 rings (SSSR count). The van der Waals surface area contributed by atoms with Crippen LogP contribution in [0.15, 0.2) is 0 Å². The van der Waals surface area contributed by atoms with Gasteiger partial charge in [0.2, 0.25) is 0 Å². The normalized spacial score (nSPS) is 27.7. The first-order valence-electron chi connectivity index (χ1n) is 8.17. The van der Waals surface area contributed by atoms with Crippen LogP contribution in [-0.4, -0.2) is 55.1 Å². The number of carbonyl (C=O) groups excluding carboxylic acids is 2. The molecular formula is C16H26N2O3. The van der Waals surface area contributed by atoms with Gasteiger partial charge in [-0.15, -0.1) is 0 Å². The van der Waals surface area contributed by atoms with Gasteiger partial charge in [-0.3, -0.25) is 4.79 Å². The van der Waals surface area contributed by atoms with Gasteiger partial charge in [-0.2, -0.15) is 0 Å². The molecule has 0 aromatic carbocycles. The molecule has 5 nitrogen and oxygen atoms in total. The average molecular weight is 294 g/mol. The molecule has 21 heavy (non-hydrogen) atoms. The topological polar surface area (TPSA) is 49.9 Å². The third kappa shape index (κ3) is 2.62. The zero-order valence-corrected chi connectivity index (χ0v) is 13.1. The third-order valence-corrected chi connectivity index (χ3v) is 5.88. The first-order valence-corrected chi connectivity index (χ1v) is 8.17. The summed E-state index contributed by atoms with van der Waals surface area (Å²) >= 11 is 0. The van der Waals surface area contributed by atoms with Gasteiger partial charge in [-0.1, -0.05) is 12.8 Å². The average Bonchev–Trinajstić information content (AvgIpc) is 2.96. The Labute approximate surface area is 126 Å². The number of nitrogens with zero attached hydrogens (tertiary/aromatic N) is 2. The predicted octanol–water partition coefficient (Wildman–Crippen LogP) is 2.26. The van der Waals surface area contributed by atoms with Crippen LogP contribution >= 0.6 is 0 Å². The maximum absolute atomic E-state index is 12.5. The van der Waals surface area contributed by atoms with E-state index in [9.17, 15) is 9.59 Å². The first kappa shape index (κ1) is 14.7. The molecule has 1 saturated heterocycles. The van der Waals surface area contributed by atoms with Gasteiger partial charge in [0.15, 0.2) is 0 Å². The van der Waals surface area contributed by atoms with Crippen molar-refractivity contribution in [2.45, 2.75) is 51.0 Å². The highest BCUT2D eigenvalue weighted by Gasteiger charge is 2.59. The van der Waals surface area contributed by atoms with E-state index >= 15 is 0 Å². The molecule has 2 saturated carbocycles. The van der Waals surface area contributed by atoms with E-state index in [1.165, 1.54) is 20.0 Å². The van der Waals surface area contributed by atoms with Crippen LogP contribution in [0.4, 0.5) is 4.79 Å². The highest BCUT2D eigenvalue weighted by Crippen LogP contribution is 2.59. The number of urea groups is 1. The molecule has 5 heteroatoms. The molecule has 3 aliphatic rings. The Kier molecular flexibility index (Phi) is 3.84. The molecule has 1 unspecified atom stereocenters. The van der Waals surface area contributed by atoms with E-state index < -0.39 is 0 Å². The number of hydrogen-bond donors (Lipinski definition) is 0. The minimum Gasteiger partial charge on any atom is -0.469 e.